The van der Waals surface area contributed by atoms with E-state index in [2.05, 4.69) is 50.0 Å². The van der Waals surface area contributed by atoms with Crippen molar-refractivity contribution < 1.29 is 4.79 Å². The number of amidine groups is 1. The molecule has 2 aliphatic rings. The van der Waals surface area contributed by atoms with Crippen LogP contribution in [0.4, 0.5) is 5.69 Å². The van der Waals surface area contributed by atoms with Gasteiger partial charge in [0.2, 0.25) is 0 Å². The van der Waals surface area contributed by atoms with Crippen molar-refractivity contribution in [3.8, 4) is 0 Å². The predicted molar refractivity (Wildman–Crippen MR) is 136 cm³/mol. The van der Waals surface area contributed by atoms with Gasteiger partial charge >= 0.3 is 0 Å². The van der Waals surface area contributed by atoms with Crippen LogP contribution < -0.4 is 11.1 Å². The largest absolute Gasteiger partial charge is 0.386 e. The summed E-state index contributed by atoms with van der Waals surface area (Å²) in [6.07, 6.45) is 13.1. The van der Waals surface area contributed by atoms with E-state index in [1.54, 1.807) is 12.2 Å². The molecule has 0 aromatic heterocycles. The number of hydrogen-bond acceptors (Lipinski definition) is 4. The van der Waals surface area contributed by atoms with E-state index < -0.39 is 5.41 Å². The highest BCUT2D eigenvalue weighted by molar-refractivity contribution is 6.15. The number of ketones is 1. The number of fused-ring (bicyclic) bond motifs is 1. The van der Waals surface area contributed by atoms with Crippen LogP contribution in [0.25, 0.3) is 6.08 Å². The Kier molecular flexibility index (Phi) is 8.08. The van der Waals surface area contributed by atoms with Crippen LogP contribution >= 0.6 is 0 Å². The number of rotatable bonds is 10. The molecule has 0 amide bonds. The molecule has 172 valence electrons. The molecule has 5 heteroatoms. The second-order valence-corrected chi connectivity index (χ2v) is 9.36. The van der Waals surface area contributed by atoms with E-state index in [0.29, 0.717) is 30.9 Å². The Labute approximate surface area is 193 Å². The maximum Gasteiger partial charge on any atom is 0.173 e. The van der Waals surface area contributed by atoms with Crippen molar-refractivity contribution in [3.05, 3.63) is 59.8 Å². The van der Waals surface area contributed by atoms with Gasteiger partial charge in [-0.3, -0.25) is 9.69 Å². The highest BCUT2D eigenvalue weighted by Gasteiger charge is 2.39. The lowest BCUT2D eigenvalue weighted by Crippen LogP contribution is -2.43. The molecule has 1 unspecified atom stereocenters. The van der Waals surface area contributed by atoms with E-state index in [1.165, 1.54) is 0 Å². The molecule has 1 aromatic carbocycles. The van der Waals surface area contributed by atoms with Gasteiger partial charge in [-0.15, -0.1) is 0 Å². The Morgan fingerprint density at radius 2 is 1.88 bits per heavy atom. The molecule has 0 spiro atoms. The summed E-state index contributed by atoms with van der Waals surface area (Å²) in [5, 5.41) is 3.38. The van der Waals surface area contributed by atoms with Gasteiger partial charge in [-0.05, 0) is 70.9 Å². The van der Waals surface area contributed by atoms with Gasteiger partial charge in [-0.1, -0.05) is 49.3 Å². The summed E-state index contributed by atoms with van der Waals surface area (Å²) in [6.45, 7) is 10.7. The van der Waals surface area contributed by atoms with E-state index in [9.17, 15) is 4.79 Å². The predicted octanol–water partition coefficient (Wildman–Crippen LogP) is 5.17. The number of anilines is 1. The van der Waals surface area contributed by atoms with E-state index in [-0.39, 0.29) is 5.78 Å². The molecule has 1 atom stereocenters. The van der Waals surface area contributed by atoms with Crippen molar-refractivity contribution >= 4 is 23.4 Å². The van der Waals surface area contributed by atoms with E-state index in [0.717, 1.165) is 42.8 Å². The van der Waals surface area contributed by atoms with Gasteiger partial charge < -0.3 is 11.1 Å². The van der Waals surface area contributed by atoms with Crippen molar-refractivity contribution in [2.45, 2.75) is 65.5 Å². The van der Waals surface area contributed by atoms with E-state index in [4.69, 9.17) is 10.7 Å². The number of carbonyl (C=O) groups excluding carboxylic acids is 1. The average molecular weight is 435 g/mol. The molecule has 0 saturated carbocycles. The van der Waals surface area contributed by atoms with Gasteiger partial charge in [-0.25, -0.2) is 4.99 Å². The fourth-order valence-corrected chi connectivity index (χ4v) is 4.65. The number of nitrogens with one attached hydrogen (secondary N) is 1. The molecule has 1 aliphatic heterocycles. The fraction of sp³-hybridized carbons (Fsp3) is 0.481. The number of hydrogen-bond donors (Lipinski definition) is 2. The molecule has 0 fully saturated rings. The van der Waals surface area contributed by atoms with E-state index in [1.807, 2.05) is 30.4 Å². The maximum absolute atomic E-state index is 13.0. The first-order valence-electron chi connectivity index (χ1n) is 11.9. The number of carbonyl (C=O) groups is 1. The number of nitrogens with zero attached hydrogens (tertiary/aromatic N) is 2. The van der Waals surface area contributed by atoms with Crippen LogP contribution in [-0.2, 0) is 4.79 Å². The fourth-order valence-electron chi connectivity index (χ4n) is 4.65. The van der Waals surface area contributed by atoms with Crippen LogP contribution in [0.15, 0.2) is 59.3 Å². The van der Waals surface area contributed by atoms with Crippen molar-refractivity contribution in [3.63, 3.8) is 0 Å². The Morgan fingerprint density at radius 1 is 1.12 bits per heavy atom. The summed E-state index contributed by atoms with van der Waals surface area (Å²) < 4.78 is 0. The van der Waals surface area contributed by atoms with Crippen LogP contribution in [0.3, 0.4) is 0 Å². The molecule has 32 heavy (non-hydrogen) atoms. The van der Waals surface area contributed by atoms with Gasteiger partial charge in [0.1, 0.15) is 11.3 Å². The molecule has 0 bridgehead atoms. The second kappa shape index (κ2) is 10.8. The second-order valence-electron chi connectivity index (χ2n) is 9.36. The lowest BCUT2D eigenvalue weighted by molar-refractivity contribution is -0.119. The summed E-state index contributed by atoms with van der Waals surface area (Å²) in [6, 6.07) is 9.20. The molecular weight excluding hydrogens is 396 g/mol. The van der Waals surface area contributed by atoms with Gasteiger partial charge in [0.15, 0.2) is 5.78 Å². The number of benzene rings is 1. The summed E-state index contributed by atoms with van der Waals surface area (Å²) in [5.74, 6) is 0.415. The molecule has 1 aliphatic carbocycles. The highest BCUT2D eigenvalue weighted by Crippen LogP contribution is 2.33. The van der Waals surface area contributed by atoms with E-state index >= 15 is 0 Å². The summed E-state index contributed by atoms with van der Waals surface area (Å²) >= 11 is 0. The SMILES string of the molecule is CC(C)N(CCCCCC1(C(N)=NC2=Cc3ccccc3NC2)C=CC=CC1=O)C(C)C. The summed E-state index contributed by atoms with van der Waals surface area (Å²) in [5.41, 5.74) is 8.72. The van der Waals surface area contributed by atoms with Crippen LogP contribution in [0.1, 0.15) is 58.9 Å². The Balaban J connectivity index is 1.69. The molecule has 3 rings (SSSR count). The third-order valence-electron chi connectivity index (χ3n) is 6.46. The number of allylic oxidation sites excluding steroid dienone is 3. The minimum atomic E-state index is -0.845. The molecular formula is C27H38N4O. The Bertz CT molecular complexity index is 917. The van der Waals surface area contributed by atoms with Crippen LogP contribution in [-0.4, -0.2) is 41.7 Å². The van der Waals surface area contributed by atoms with Gasteiger partial charge in [0, 0.05) is 17.8 Å². The third kappa shape index (κ3) is 5.57. The lowest BCUT2D eigenvalue weighted by atomic mass is 9.75. The third-order valence-corrected chi connectivity index (χ3v) is 6.46. The Morgan fingerprint density at radius 3 is 2.59 bits per heavy atom. The average Bonchev–Trinajstić information content (AvgIpc) is 2.76. The Hall–Kier alpha value is -2.66. The number of unbranched alkanes of at least 4 members (excludes halogenated alkanes) is 2. The van der Waals surface area contributed by atoms with Crippen LogP contribution in [0, 0.1) is 5.41 Å². The van der Waals surface area contributed by atoms with Crippen LogP contribution in [0.2, 0.25) is 0 Å². The topological polar surface area (TPSA) is 70.7 Å². The van der Waals surface area contributed by atoms with Crippen molar-refractivity contribution in [2.75, 3.05) is 18.4 Å². The molecule has 3 N–H and O–H groups in total. The maximum atomic E-state index is 13.0. The lowest BCUT2D eigenvalue weighted by Gasteiger charge is -2.31. The standard InChI is InChI=1S/C27H38N4O/c1-20(2)31(21(3)4)17-11-5-9-15-27(16-10-8-14-25(27)32)26(28)30-23-18-22-12-6-7-13-24(22)29-19-23/h6-8,10,12-14,16,18,20-21,29H,5,9,11,15,17,19H2,1-4H3,(H2,28,30). The minimum absolute atomic E-state index is 0.0250. The first-order valence-corrected chi connectivity index (χ1v) is 11.9. The minimum Gasteiger partial charge on any atom is -0.386 e. The van der Waals surface area contributed by atoms with Gasteiger partial charge in [-0.2, -0.15) is 0 Å². The molecule has 0 radical (unpaired) electrons. The zero-order valence-corrected chi connectivity index (χ0v) is 20.0. The zero-order chi connectivity index (χ0) is 23.1. The first kappa shape index (κ1) is 24.0. The number of para-hydroxylation sites is 1. The molecule has 1 heterocycles. The van der Waals surface area contributed by atoms with Gasteiger partial charge in [0.25, 0.3) is 0 Å². The summed E-state index contributed by atoms with van der Waals surface area (Å²) in [4.78, 5) is 20.3. The highest BCUT2D eigenvalue weighted by atomic mass is 16.1. The number of aliphatic imine (C=N–C) groups is 1. The van der Waals surface area contributed by atoms with Crippen molar-refractivity contribution in [1.29, 1.82) is 0 Å². The zero-order valence-electron chi connectivity index (χ0n) is 20.0. The first-order chi connectivity index (χ1) is 15.3. The van der Waals surface area contributed by atoms with Crippen LogP contribution in [0.5, 0.6) is 0 Å². The molecule has 1 aromatic rings. The normalized spacial score (nSPS) is 20.7. The van der Waals surface area contributed by atoms with Crippen molar-refractivity contribution in [2.24, 2.45) is 16.1 Å². The molecule has 5 nitrogen and oxygen atoms in total. The number of nitrogens with two attached hydrogens (primary N) is 1. The molecule has 0 saturated heterocycles. The van der Waals surface area contributed by atoms with Gasteiger partial charge in [0.05, 0.1) is 12.2 Å². The summed E-state index contributed by atoms with van der Waals surface area (Å²) in [7, 11) is 0. The quantitative estimate of drug-likeness (QED) is 0.303. The smallest absolute Gasteiger partial charge is 0.173 e. The monoisotopic (exact) mass is 434 g/mol. The van der Waals surface area contributed by atoms with Crippen molar-refractivity contribution in [1.82, 2.24) is 4.90 Å².